The number of piperidine rings is 1. The van der Waals surface area contributed by atoms with Gasteiger partial charge in [0.2, 0.25) is 0 Å². The van der Waals surface area contributed by atoms with E-state index in [0.717, 1.165) is 0 Å². The van der Waals surface area contributed by atoms with Crippen LogP contribution >= 0.6 is 11.6 Å². The Morgan fingerprint density at radius 2 is 2.04 bits per heavy atom. The minimum Gasteiger partial charge on any atom is -0.481 e. The van der Waals surface area contributed by atoms with Gasteiger partial charge in [-0.15, -0.1) is 0 Å². The first-order chi connectivity index (χ1) is 12.9. The van der Waals surface area contributed by atoms with Gasteiger partial charge in [-0.3, -0.25) is 9.59 Å². The lowest BCUT2D eigenvalue weighted by Crippen LogP contribution is -2.44. The number of nitrogens with zero attached hydrogens (tertiary/aromatic N) is 1. The summed E-state index contributed by atoms with van der Waals surface area (Å²) in [5, 5.41) is 14.7. The van der Waals surface area contributed by atoms with Gasteiger partial charge in [0, 0.05) is 18.8 Å². The highest BCUT2D eigenvalue weighted by Crippen LogP contribution is 2.27. The summed E-state index contributed by atoms with van der Waals surface area (Å²) < 4.78 is 5.02. The lowest BCUT2D eigenvalue weighted by atomic mass is 9.99. The largest absolute Gasteiger partial charge is 0.481 e. The number of amides is 3. The number of likely N-dealkylation sites (tertiary alicyclic amines) is 1. The summed E-state index contributed by atoms with van der Waals surface area (Å²) in [5.74, 6) is -1.73. The van der Waals surface area contributed by atoms with Gasteiger partial charge in [0.15, 0.2) is 5.76 Å². The predicted molar refractivity (Wildman–Crippen MR) is 99.1 cm³/mol. The molecule has 3 rings (SSSR count). The number of carbonyl (C=O) groups is 3. The van der Waals surface area contributed by atoms with Gasteiger partial charge in [-0.25, -0.2) is 4.79 Å². The first kappa shape index (κ1) is 18.8. The van der Waals surface area contributed by atoms with Gasteiger partial charge in [-0.1, -0.05) is 11.6 Å². The van der Waals surface area contributed by atoms with Crippen molar-refractivity contribution in [3.05, 3.63) is 47.4 Å². The third-order valence-electron chi connectivity index (χ3n) is 4.27. The maximum atomic E-state index is 12.4. The maximum absolute atomic E-state index is 12.4. The number of benzene rings is 1. The second kappa shape index (κ2) is 8.13. The van der Waals surface area contributed by atoms with Crippen LogP contribution in [-0.2, 0) is 4.79 Å². The molecule has 1 fully saturated rings. The molecule has 1 aliphatic heterocycles. The number of carboxylic acids is 1. The van der Waals surface area contributed by atoms with Crippen molar-refractivity contribution in [2.45, 2.75) is 12.8 Å². The number of hydrogen-bond donors (Lipinski definition) is 3. The van der Waals surface area contributed by atoms with Crippen LogP contribution in [-0.4, -0.2) is 41.0 Å². The molecule has 3 amide bonds. The number of anilines is 2. The van der Waals surface area contributed by atoms with Crippen LogP contribution in [0.1, 0.15) is 23.4 Å². The van der Waals surface area contributed by atoms with Crippen molar-refractivity contribution in [3.8, 4) is 0 Å². The number of nitrogens with one attached hydrogen (secondary N) is 2. The van der Waals surface area contributed by atoms with Gasteiger partial charge in [-0.05, 0) is 43.2 Å². The number of carbonyl (C=O) groups excluding carboxylic acids is 2. The van der Waals surface area contributed by atoms with Crippen molar-refractivity contribution in [2.75, 3.05) is 23.7 Å². The highest BCUT2D eigenvalue weighted by atomic mass is 35.5. The molecule has 1 atom stereocenters. The van der Waals surface area contributed by atoms with Gasteiger partial charge >= 0.3 is 12.0 Å². The molecule has 1 aliphatic rings. The highest BCUT2D eigenvalue weighted by molar-refractivity contribution is 6.34. The highest BCUT2D eigenvalue weighted by Gasteiger charge is 2.28. The van der Waals surface area contributed by atoms with Crippen LogP contribution in [0.4, 0.5) is 16.2 Å². The second-order valence-corrected chi connectivity index (χ2v) is 6.59. The minimum atomic E-state index is -0.896. The first-order valence-corrected chi connectivity index (χ1v) is 8.75. The Morgan fingerprint density at radius 1 is 1.22 bits per heavy atom. The summed E-state index contributed by atoms with van der Waals surface area (Å²) in [5.41, 5.74) is 0.818. The van der Waals surface area contributed by atoms with Crippen LogP contribution in [0.2, 0.25) is 5.02 Å². The number of urea groups is 1. The average Bonchev–Trinajstić information content (AvgIpc) is 3.19. The number of halogens is 1. The summed E-state index contributed by atoms with van der Waals surface area (Å²) in [4.78, 5) is 37.0. The Hall–Kier alpha value is -3.00. The molecule has 2 heterocycles. The molecule has 0 radical (unpaired) electrons. The summed E-state index contributed by atoms with van der Waals surface area (Å²) >= 11 is 6.18. The Morgan fingerprint density at radius 3 is 2.70 bits per heavy atom. The van der Waals surface area contributed by atoms with Crippen LogP contribution in [0.3, 0.4) is 0 Å². The number of aliphatic carboxylic acids is 1. The summed E-state index contributed by atoms with van der Waals surface area (Å²) in [6.07, 6.45) is 2.60. The standard InChI is InChI=1S/C18H18ClN3O5/c19-13-9-12(5-6-14(13)21-16(23)15-4-2-8-27-15)20-18(26)22-7-1-3-11(10-22)17(24)25/h2,4-6,8-9,11H,1,3,7,10H2,(H,20,26)(H,21,23)(H,24,25). The number of furan rings is 1. The Bertz CT molecular complexity index is 853. The SMILES string of the molecule is O=C(Nc1ccc(NC(=O)N2CCCC(C(=O)O)C2)cc1Cl)c1ccco1. The minimum absolute atomic E-state index is 0.154. The molecule has 9 heteroatoms. The third kappa shape index (κ3) is 4.59. The smallest absolute Gasteiger partial charge is 0.321 e. The van der Waals surface area contributed by atoms with E-state index in [1.807, 2.05) is 0 Å². The van der Waals surface area contributed by atoms with Crippen molar-refractivity contribution >= 4 is 40.9 Å². The molecular weight excluding hydrogens is 374 g/mol. The predicted octanol–water partition coefficient (Wildman–Crippen LogP) is 3.51. The molecule has 0 saturated carbocycles. The third-order valence-corrected chi connectivity index (χ3v) is 4.58. The van der Waals surface area contributed by atoms with Crippen LogP contribution in [0.15, 0.2) is 41.0 Å². The van der Waals surface area contributed by atoms with E-state index < -0.39 is 17.8 Å². The van der Waals surface area contributed by atoms with Gasteiger partial charge in [-0.2, -0.15) is 0 Å². The summed E-state index contributed by atoms with van der Waals surface area (Å²) in [6.45, 7) is 0.673. The summed E-state index contributed by atoms with van der Waals surface area (Å²) in [7, 11) is 0. The lowest BCUT2D eigenvalue weighted by Gasteiger charge is -2.30. The van der Waals surface area contributed by atoms with Gasteiger partial charge < -0.3 is 25.1 Å². The molecule has 142 valence electrons. The molecule has 1 aromatic heterocycles. The maximum Gasteiger partial charge on any atom is 0.321 e. The topological polar surface area (TPSA) is 112 Å². The lowest BCUT2D eigenvalue weighted by molar-refractivity contribution is -0.143. The van der Waals surface area contributed by atoms with Crippen molar-refractivity contribution in [3.63, 3.8) is 0 Å². The van der Waals surface area contributed by atoms with E-state index in [9.17, 15) is 14.4 Å². The van der Waals surface area contributed by atoms with Gasteiger partial charge in [0.05, 0.1) is 22.9 Å². The van der Waals surface area contributed by atoms with E-state index in [1.54, 1.807) is 18.2 Å². The molecule has 8 nitrogen and oxygen atoms in total. The van der Waals surface area contributed by atoms with Crippen LogP contribution in [0.25, 0.3) is 0 Å². The zero-order valence-corrected chi connectivity index (χ0v) is 15.0. The first-order valence-electron chi connectivity index (χ1n) is 8.37. The van der Waals surface area contributed by atoms with Crippen LogP contribution in [0.5, 0.6) is 0 Å². The number of hydrogen-bond acceptors (Lipinski definition) is 4. The van der Waals surface area contributed by atoms with Crippen molar-refractivity contribution in [2.24, 2.45) is 5.92 Å². The molecule has 0 spiro atoms. The van der Waals surface area contributed by atoms with E-state index in [-0.39, 0.29) is 23.4 Å². The van der Waals surface area contributed by atoms with Gasteiger partial charge in [0.1, 0.15) is 0 Å². The quantitative estimate of drug-likeness (QED) is 0.738. The zero-order valence-electron chi connectivity index (χ0n) is 14.3. The molecule has 1 unspecified atom stereocenters. The Labute approximate surface area is 160 Å². The summed E-state index contributed by atoms with van der Waals surface area (Å²) in [6, 6.07) is 7.42. The zero-order chi connectivity index (χ0) is 19.4. The molecule has 3 N–H and O–H groups in total. The van der Waals surface area contributed by atoms with Gasteiger partial charge in [0.25, 0.3) is 5.91 Å². The van der Waals surface area contributed by atoms with E-state index in [0.29, 0.717) is 30.8 Å². The monoisotopic (exact) mass is 391 g/mol. The van der Waals surface area contributed by atoms with E-state index in [1.165, 1.54) is 23.3 Å². The Balaban J connectivity index is 1.62. The normalized spacial score (nSPS) is 16.6. The van der Waals surface area contributed by atoms with Crippen LogP contribution in [0, 0.1) is 5.92 Å². The van der Waals surface area contributed by atoms with Crippen LogP contribution < -0.4 is 10.6 Å². The molecule has 2 aromatic rings. The number of carboxylic acid groups (broad SMARTS) is 1. The molecule has 1 saturated heterocycles. The second-order valence-electron chi connectivity index (χ2n) is 6.18. The van der Waals surface area contributed by atoms with E-state index >= 15 is 0 Å². The molecule has 0 aliphatic carbocycles. The average molecular weight is 392 g/mol. The Kier molecular flexibility index (Phi) is 5.66. The fourth-order valence-corrected chi connectivity index (χ4v) is 3.08. The van der Waals surface area contributed by atoms with E-state index in [4.69, 9.17) is 21.1 Å². The van der Waals surface area contributed by atoms with E-state index in [2.05, 4.69) is 10.6 Å². The molecule has 27 heavy (non-hydrogen) atoms. The molecular formula is C18H18ClN3O5. The van der Waals surface area contributed by atoms with Crippen molar-refractivity contribution < 1.29 is 23.9 Å². The number of rotatable bonds is 4. The molecule has 0 bridgehead atoms. The van der Waals surface area contributed by atoms with Crippen molar-refractivity contribution in [1.82, 2.24) is 4.90 Å². The molecule has 1 aromatic carbocycles. The van der Waals surface area contributed by atoms with Crippen molar-refractivity contribution in [1.29, 1.82) is 0 Å². The fourth-order valence-electron chi connectivity index (χ4n) is 2.85. The fraction of sp³-hybridized carbons (Fsp3) is 0.278.